The molecule has 0 aliphatic carbocycles. The molecule has 0 aliphatic rings. The average Bonchev–Trinajstić information content (AvgIpc) is 2.76. The maximum absolute atomic E-state index is 12.3. The minimum atomic E-state index is -4.58. The molecule has 0 aromatic heterocycles. The van der Waals surface area contributed by atoms with Gasteiger partial charge in [-0.25, -0.2) is 0 Å². The largest absolute Gasteiger partial charge is 0.505 e. The molecule has 8 heteroatoms. The molecular weight excluding hydrogens is 426 g/mol. The van der Waals surface area contributed by atoms with E-state index in [-0.39, 0.29) is 22.0 Å². The van der Waals surface area contributed by atoms with Crippen LogP contribution in [0.3, 0.4) is 0 Å². The van der Waals surface area contributed by atoms with Gasteiger partial charge in [0.2, 0.25) is 0 Å². The number of hydrogen-bond acceptors (Lipinski definition) is 6. The second-order valence-electron chi connectivity index (χ2n) is 7.50. The molecule has 0 unspecified atom stereocenters. The Morgan fingerprint density at radius 2 is 1.75 bits per heavy atom. The number of azo groups is 1. The number of nitrogens with zero attached hydrogens (tertiary/aromatic N) is 2. The Balaban J connectivity index is 1.95. The van der Waals surface area contributed by atoms with E-state index in [9.17, 15) is 18.1 Å². The highest BCUT2D eigenvalue weighted by Crippen LogP contribution is 2.43. The number of phenolic OH excluding ortho intramolecular Hbond substituents is 1. The quantitative estimate of drug-likeness (QED) is 0.245. The summed E-state index contributed by atoms with van der Waals surface area (Å²) in [6, 6.07) is 16.0. The van der Waals surface area contributed by atoms with Gasteiger partial charge in [0.05, 0.1) is 0 Å². The van der Waals surface area contributed by atoms with Crippen molar-refractivity contribution < 1.29 is 18.1 Å². The number of phenols is 1. The predicted molar refractivity (Wildman–Crippen MR) is 127 cm³/mol. The maximum atomic E-state index is 12.3. The minimum absolute atomic E-state index is 0.00551. The molecule has 3 N–H and O–H groups in total. The lowest BCUT2D eigenvalue weighted by Crippen LogP contribution is -2.00. The predicted octanol–water partition coefficient (Wildman–Crippen LogP) is 6.27. The fraction of sp³-hybridized carbons (Fsp3) is 0.167. The second kappa shape index (κ2) is 8.22. The molecule has 0 bridgehead atoms. The van der Waals surface area contributed by atoms with Gasteiger partial charge in [-0.1, -0.05) is 43.3 Å². The third-order valence-corrected chi connectivity index (χ3v) is 6.50. The molecule has 0 saturated heterocycles. The zero-order chi connectivity index (χ0) is 23.0. The first-order valence-corrected chi connectivity index (χ1v) is 11.6. The van der Waals surface area contributed by atoms with Crippen LogP contribution in [0.1, 0.15) is 18.1 Å². The smallest absolute Gasteiger partial charge is 0.297 e. The standard InChI is InChI=1S/C24H23N3O4S/c1-4-15-7-5-9-18-17(15)11-12-20(24(18)32(29,30)31)26-27-22-14(2)13-16-8-6-10-19(25-3)21(16)23(22)28/h5-13,25,28H,4H2,1-3H3,(H,29,30,31). The van der Waals surface area contributed by atoms with Crippen molar-refractivity contribution in [3.8, 4) is 5.75 Å². The SMILES string of the molecule is CCc1cccc2c(S(=O)(=O)O)c(N=Nc3c(C)cc4cccc(NC)c4c3O)ccc12. The summed E-state index contributed by atoms with van der Waals surface area (Å²) in [7, 11) is -2.82. The summed E-state index contributed by atoms with van der Waals surface area (Å²) in [6.07, 6.45) is 0.709. The molecule has 0 radical (unpaired) electrons. The lowest BCUT2D eigenvalue weighted by atomic mass is 10.0. The van der Waals surface area contributed by atoms with Gasteiger partial charge in [-0.2, -0.15) is 8.42 Å². The van der Waals surface area contributed by atoms with Crippen molar-refractivity contribution in [3.05, 3.63) is 65.7 Å². The second-order valence-corrected chi connectivity index (χ2v) is 8.86. The van der Waals surface area contributed by atoms with E-state index in [2.05, 4.69) is 15.5 Å². The summed E-state index contributed by atoms with van der Waals surface area (Å²) in [5.41, 5.74) is 2.58. The Kier molecular flexibility index (Phi) is 5.58. The molecule has 32 heavy (non-hydrogen) atoms. The van der Waals surface area contributed by atoms with Gasteiger partial charge >= 0.3 is 0 Å². The monoisotopic (exact) mass is 449 g/mol. The van der Waals surface area contributed by atoms with E-state index in [1.54, 1.807) is 32.2 Å². The lowest BCUT2D eigenvalue weighted by molar-refractivity contribution is 0.482. The van der Waals surface area contributed by atoms with E-state index in [0.29, 0.717) is 22.8 Å². The Bertz CT molecular complexity index is 1490. The highest BCUT2D eigenvalue weighted by atomic mass is 32.2. The number of nitrogens with one attached hydrogen (secondary N) is 1. The van der Waals surface area contributed by atoms with Crippen LogP contribution in [0.25, 0.3) is 21.5 Å². The zero-order valence-electron chi connectivity index (χ0n) is 17.9. The fourth-order valence-corrected chi connectivity index (χ4v) is 4.87. The Morgan fingerprint density at radius 3 is 2.44 bits per heavy atom. The van der Waals surface area contributed by atoms with Gasteiger partial charge in [0.15, 0.2) is 5.75 Å². The van der Waals surface area contributed by atoms with Gasteiger partial charge in [-0.3, -0.25) is 4.55 Å². The van der Waals surface area contributed by atoms with E-state index in [1.165, 1.54) is 6.07 Å². The molecule has 0 spiro atoms. The van der Waals surface area contributed by atoms with Crippen LogP contribution in [-0.4, -0.2) is 25.1 Å². The van der Waals surface area contributed by atoms with Crippen LogP contribution < -0.4 is 5.32 Å². The first kappa shape index (κ1) is 21.7. The number of rotatable bonds is 5. The average molecular weight is 450 g/mol. The van der Waals surface area contributed by atoms with Crippen LogP contribution in [0, 0.1) is 6.92 Å². The van der Waals surface area contributed by atoms with Gasteiger partial charge in [0.1, 0.15) is 16.3 Å². The summed E-state index contributed by atoms with van der Waals surface area (Å²) in [6.45, 7) is 3.76. The lowest BCUT2D eigenvalue weighted by Gasteiger charge is -2.12. The van der Waals surface area contributed by atoms with Crippen LogP contribution in [0.2, 0.25) is 0 Å². The Labute approximate surface area is 186 Å². The number of hydrogen-bond donors (Lipinski definition) is 3. The molecule has 0 heterocycles. The first-order valence-electron chi connectivity index (χ1n) is 10.1. The van der Waals surface area contributed by atoms with E-state index < -0.39 is 10.1 Å². The molecule has 0 saturated carbocycles. The molecule has 7 nitrogen and oxygen atoms in total. The van der Waals surface area contributed by atoms with Crippen molar-refractivity contribution in [2.75, 3.05) is 12.4 Å². The van der Waals surface area contributed by atoms with Crippen LogP contribution in [0.5, 0.6) is 5.75 Å². The van der Waals surface area contributed by atoms with Crippen molar-refractivity contribution in [2.45, 2.75) is 25.2 Å². The Hall–Kier alpha value is -3.49. The topological polar surface area (TPSA) is 111 Å². The number of aromatic hydroxyl groups is 1. The third-order valence-electron chi connectivity index (χ3n) is 5.55. The summed E-state index contributed by atoms with van der Waals surface area (Å²) in [4.78, 5) is -0.303. The molecule has 4 rings (SSSR count). The molecule has 4 aromatic carbocycles. The Morgan fingerprint density at radius 1 is 1.00 bits per heavy atom. The molecule has 164 valence electrons. The van der Waals surface area contributed by atoms with Crippen molar-refractivity contribution in [2.24, 2.45) is 10.2 Å². The summed E-state index contributed by atoms with van der Waals surface area (Å²) in [5, 5.41) is 24.8. The fourth-order valence-electron chi connectivity index (χ4n) is 4.04. The minimum Gasteiger partial charge on any atom is -0.505 e. The summed E-state index contributed by atoms with van der Waals surface area (Å²) in [5.74, 6) is -0.0591. The number of aryl methyl sites for hydroxylation is 2. The molecule has 4 aromatic rings. The summed E-state index contributed by atoms with van der Waals surface area (Å²) < 4.78 is 34.5. The van der Waals surface area contributed by atoms with E-state index >= 15 is 0 Å². The number of benzene rings is 4. The van der Waals surface area contributed by atoms with Gasteiger partial charge < -0.3 is 10.4 Å². The van der Waals surface area contributed by atoms with Gasteiger partial charge in [-0.05, 0) is 53.4 Å². The van der Waals surface area contributed by atoms with Gasteiger partial charge in [0.25, 0.3) is 10.1 Å². The zero-order valence-corrected chi connectivity index (χ0v) is 18.7. The first-order chi connectivity index (χ1) is 15.3. The highest BCUT2D eigenvalue weighted by molar-refractivity contribution is 7.86. The molecular formula is C24H23N3O4S. The number of fused-ring (bicyclic) bond motifs is 2. The van der Waals surface area contributed by atoms with Crippen LogP contribution in [0.15, 0.2) is 69.7 Å². The third kappa shape index (κ3) is 3.68. The normalized spacial score (nSPS) is 12.1. The van der Waals surface area contributed by atoms with Gasteiger partial charge in [0, 0.05) is 23.5 Å². The molecule has 0 atom stereocenters. The van der Waals surface area contributed by atoms with Crippen molar-refractivity contribution in [1.29, 1.82) is 0 Å². The van der Waals surface area contributed by atoms with Crippen LogP contribution in [-0.2, 0) is 16.5 Å². The van der Waals surface area contributed by atoms with Crippen LogP contribution in [0.4, 0.5) is 17.1 Å². The van der Waals surface area contributed by atoms with Crippen molar-refractivity contribution >= 4 is 48.7 Å². The van der Waals surface area contributed by atoms with Crippen LogP contribution >= 0.6 is 0 Å². The number of anilines is 1. The summed E-state index contributed by atoms with van der Waals surface area (Å²) >= 11 is 0. The molecule has 0 aliphatic heterocycles. The molecule has 0 amide bonds. The molecule has 0 fully saturated rings. The van der Waals surface area contributed by atoms with E-state index in [0.717, 1.165) is 22.0 Å². The highest BCUT2D eigenvalue weighted by Gasteiger charge is 2.21. The van der Waals surface area contributed by atoms with Gasteiger partial charge in [-0.15, -0.1) is 10.2 Å². The van der Waals surface area contributed by atoms with Crippen molar-refractivity contribution in [3.63, 3.8) is 0 Å². The van der Waals surface area contributed by atoms with E-state index in [1.807, 2.05) is 37.3 Å². The maximum Gasteiger partial charge on any atom is 0.297 e. The van der Waals surface area contributed by atoms with Crippen molar-refractivity contribution in [1.82, 2.24) is 0 Å². The van der Waals surface area contributed by atoms with E-state index in [4.69, 9.17) is 0 Å².